The lowest BCUT2D eigenvalue weighted by molar-refractivity contribution is -0.113. The fraction of sp³-hybridized carbons (Fsp3) is 0.400. The second-order valence-electron chi connectivity index (χ2n) is 10.7. The summed E-state index contributed by atoms with van der Waals surface area (Å²) in [6, 6.07) is 6.81. The lowest BCUT2D eigenvalue weighted by Crippen LogP contribution is -2.52. The smallest absolute Gasteiger partial charge is 0.326 e. The average Bonchev–Trinajstić information content (AvgIpc) is 3.55. The number of nitrogens with zero attached hydrogens (tertiary/aromatic N) is 9. The van der Waals surface area contributed by atoms with Crippen LogP contribution in [0.25, 0.3) is 10.9 Å². The van der Waals surface area contributed by atoms with Crippen molar-refractivity contribution in [2.45, 2.75) is 44.4 Å². The van der Waals surface area contributed by atoms with Crippen LogP contribution in [-0.2, 0) is 4.79 Å². The molecule has 44 heavy (non-hydrogen) atoms. The van der Waals surface area contributed by atoms with Crippen LogP contribution < -0.4 is 33.5 Å². The molecule has 0 aliphatic carbocycles. The van der Waals surface area contributed by atoms with Crippen LogP contribution in [-0.4, -0.2) is 81.4 Å². The van der Waals surface area contributed by atoms with Crippen LogP contribution in [0.5, 0.6) is 0 Å². The second kappa shape index (κ2) is 12.3. The van der Waals surface area contributed by atoms with Crippen molar-refractivity contribution < 1.29 is 14.4 Å². The first kappa shape index (κ1) is 30.4. The Kier molecular flexibility index (Phi) is 8.45. The van der Waals surface area contributed by atoms with Crippen molar-refractivity contribution >= 4 is 52.0 Å². The Morgan fingerprint density at radius 3 is 2.59 bits per heavy atom. The van der Waals surface area contributed by atoms with E-state index in [0.717, 1.165) is 0 Å². The van der Waals surface area contributed by atoms with Crippen LogP contribution in [0.2, 0.25) is 0 Å². The number of piperidine rings is 1. The summed E-state index contributed by atoms with van der Waals surface area (Å²) in [6.45, 7) is 4.92. The van der Waals surface area contributed by atoms with Crippen molar-refractivity contribution in [3.63, 3.8) is 0 Å². The number of likely N-dealkylation sites (tertiary alicyclic amines) is 1. The number of guanidine groups is 1. The van der Waals surface area contributed by atoms with Crippen LogP contribution in [0.3, 0.4) is 0 Å². The lowest BCUT2D eigenvalue weighted by atomic mass is 9.88. The van der Waals surface area contributed by atoms with Gasteiger partial charge in [-0.3, -0.25) is 24.5 Å². The SMILES string of the molecule is CC(C)NC(=O)n1ccc2c(C(=O)N3CCC4(CC3)CN(N)C(NC(=O)C3=NC(Cl)=C(N=NN)NC3N=NN)=N4)cccc21. The molecule has 19 heteroatoms. The molecule has 0 saturated carbocycles. The fourth-order valence-corrected chi connectivity index (χ4v) is 5.51. The second-order valence-corrected chi connectivity index (χ2v) is 11.1. The largest absolute Gasteiger partial charge is 0.338 e. The molecule has 232 valence electrons. The monoisotopic (exact) mass is 625 g/mol. The number of benzene rings is 1. The van der Waals surface area contributed by atoms with Gasteiger partial charge in [0.25, 0.3) is 11.8 Å². The first-order valence-electron chi connectivity index (χ1n) is 13.7. The summed E-state index contributed by atoms with van der Waals surface area (Å²) in [7, 11) is 0. The van der Waals surface area contributed by atoms with Crippen LogP contribution in [0.4, 0.5) is 4.79 Å². The molecule has 0 bridgehead atoms. The van der Waals surface area contributed by atoms with Crippen LogP contribution in [0.15, 0.2) is 72.1 Å². The maximum absolute atomic E-state index is 13.6. The molecule has 2 aromatic rings. The third-order valence-electron chi connectivity index (χ3n) is 7.40. The zero-order chi connectivity index (χ0) is 31.6. The first-order chi connectivity index (χ1) is 21.1. The van der Waals surface area contributed by atoms with Gasteiger partial charge in [0, 0.05) is 36.3 Å². The molecule has 3 aliphatic rings. The number of nitrogens with two attached hydrogens (primary N) is 3. The predicted molar refractivity (Wildman–Crippen MR) is 161 cm³/mol. The number of hydrogen-bond donors (Lipinski definition) is 6. The van der Waals surface area contributed by atoms with Gasteiger partial charge in [-0.05, 0) is 44.9 Å². The molecule has 3 amide bonds. The van der Waals surface area contributed by atoms with Crippen LogP contribution >= 0.6 is 11.6 Å². The van der Waals surface area contributed by atoms with E-state index in [1.807, 2.05) is 13.8 Å². The summed E-state index contributed by atoms with van der Waals surface area (Å²) in [5.74, 6) is 15.8. The minimum Gasteiger partial charge on any atom is -0.338 e. The van der Waals surface area contributed by atoms with Crippen molar-refractivity contribution in [1.29, 1.82) is 0 Å². The standard InChI is InChI=1S/C25H32ClN15O3/c1-13(2)30-24(44)40-9-6-14-15(4-3-5-16(14)40)22(43)39-10-7-25(8-11-39)12-41(29)23(34-25)33-21(42)17-19(35-37-27)32-20(36-38-28)18(26)31-17/h3-6,9,13,19,32H,7-8,10-12,29H2,1-2H3,(H2,27,35)(H2,28,36)(H,30,44)(H,33,34,42). The number of aromatic nitrogens is 1. The number of nitrogens with one attached hydrogen (secondary N) is 3. The molecule has 1 unspecified atom stereocenters. The van der Waals surface area contributed by atoms with E-state index in [-0.39, 0.29) is 40.6 Å². The van der Waals surface area contributed by atoms with Gasteiger partial charge in [-0.2, -0.15) is 0 Å². The molecule has 18 nitrogen and oxygen atoms in total. The maximum atomic E-state index is 13.6. The molecule has 1 spiro atoms. The summed E-state index contributed by atoms with van der Waals surface area (Å²) in [5.41, 5.74) is 0.370. The number of rotatable bonds is 5. The first-order valence-corrected chi connectivity index (χ1v) is 14.0. The Labute approximate surface area is 256 Å². The molecule has 5 rings (SSSR count). The highest BCUT2D eigenvalue weighted by Gasteiger charge is 2.43. The number of amides is 3. The Balaban J connectivity index is 1.28. The number of halogens is 1. The van der Waals surface area contributed by atoms with Gasteiger partial charge in [0.15, 0.2) is 22.9 Å². The minimum atomic E-state index is -1.12. The van der Waals surface area contributed by atoms with Crippen LogP contribution in [0.1, 0.15) is 37.0 Å². The van der Waals surface area contributed by atoms with E-state index < -0.39 is 17.6 Å². The lowest BCUT2D eigenvalue weighted by Gasteiger charge is -2.37. The molecule has 1 aromatic carbocycles. The molecular weight excluding hydrogens is 594 g/mol. The van der Waals surface area contributed by atoms with Crippen molar-refractivity contribution in [1.82, 2.24) is 30.4 Å². The summed E-state index contributed by atoms with van der Waals surface area (Å²) in [6.07, 6.45) is 1.56. The number of hydrogen-bond acceptors (Lipinski definition) is 12. The van der Waals surface area contributed by atoms with Gasteiger partial charge in [0.05, 0.1) is 17.6 Å². The Hall–Kier alpha value is -5.10. The van der Waals surface area contributed by atoms with Crippen molar-refractivity contribution in [2.24, 2.45) is 48.2 Å². The van der Waals surface area contributed by atoms with Gasteiger partial charge in [-0.1, -0.05) is 28.1 Å². The Bertz CT molecular complexity index is 1630. The third-order valence-corrected chi connectivity index (χ3v) is 7.66. The van der Waals surface area contributed by atoms with E-state index >= 15 is 0 Å². The predicted octanol–water partition coefficient (Wildman–Crippen LogP) is 0.631. The molecule has 1 atom stereocenters. The van der Waals surface area contributed by atoms with Gasteiger partial charge in [0.1, 0.15) is 0 Å². The van der Waals surface area contributed by atoms with Crippen molar-refractivity contribution in [2.75, 3.05) is 19.6 Å². The molecule has 1 fully saturated rings. The van der Waals surface area contributed by atoms with E-state index in [1.54, 1.807) is 35.4 Å². The Morgan fingerprint density at radius 1 is 1.16 bits per heavy atom. The summed E-state index contributed by atoms with van der Waals surface area (Å²) in [4.78, 5) is 49.9. The van der Waals surface area contributed by atoms with Crippen molar-refractivity contribution in [3.05, 3.63) is 47.0 Å². The number of carbonyl (C=O) groups is 3. The highest BCUT2D eigenvalue weighted by Crippen LogP contribution is 2.32. The number of aliphatic imine (C=N–C) groups is 2. The number of fused-ring (bicyclic) bond motifs is 1. The molecule has 1 aromatic heterocycles. The normalized spacial score (nSPS) is 20.1. The van der Waals surface area contributed by atoms with Gasteiger partial charge in [0.2, 0.25) is 5.96 Å². The average molecular weight is 626 g/mol. The summed E-state index contributed by atoms with van der Waals surface area (Å²) in [5, 5.41) is 23.8. The molecule has 9 N–H and O–H groups in total. The molecular formula is C25H32ClN15O3. The zero-order valence-electron chi connectivity index (χ0n) is 23.9. The fourth-order valence-electron chi connectivity index (χ4n) is 5.33. The quantitative estimate of drug-likeness (QED) is 0.119. The summed E-state index contributed by atoms with van der Waals surface area (Å²) >= 11 is 6.10. The van der Waals surface area contributed by atoms with E-state index in [4.69, 9.17) is 34.1 Å². The van der Waals surface area contributed by atoms with Gasteiger partial charge >= 0.3 is 6.03 Å². The molecule has 4 heterocycles. The molecule has 1 saturated heterocycles. The highest BCUT2D eigenvalue weighted by molar-refractivity contribution is 6.45. The minimum absolute atomic E-state index is 0.0209. The van der Waals surface area contributed by atoms with E-state index in [1.165, 1.54) is 9.58 Å². The topological polar surface area (TPSA) is 251 Å². The maximum Gasteiger partial charge on any atom is 0.326 e. The van der Waals surface area contributed by atoms with Gasteiger partial charge in [-0.25, -0.2) is 20.6 Å². The zero-order valence-corrected chi connectivity index (χ0v) is 24.7. The highest BCUT2D eigenvalue weighted by atomic mass is 35.5. The number of carbonyl (C=O) groups excluding carboxylic acids is 3. The van der Waals surface area contributed by atoms with Crippen LogP contribution in [0, 0.1) is 0 Å². The molecule has 0 radical (unpaired) electrons. The number of hydrazine groups is 1. The van der Waals surface area contributed by atoms with E-state index in [2.05, 4.69) is 41.6 Å². The van der Waals surface area contributed by atoms with Gasteiger partial charge in [-0.15, -0.1) is 10.2 Å². The van der Waals surface area contributed by atoms with E-state index in [9.17, 15) is 14.4 Å². The molecule has 3 aliphatic heterocycles. The third kappa shape index (κ3) is 5.88. The Morgan fingerprint density at radius 2 is 1.91 bits per heavy atom. The van der Waals surface area contributed by atoms with Crippen molar-refractivity contribution in [3.8, 4) is 0 Å². The van der Waals surface area contributed by atoms with E-state index in [0.29, 0.717) is 48.9 Å². The summed E-state index contributed by atoms with van der Waals surface area (Å²) < 4.78 is 1.50. The van der Waals surface area contributed by atoms with Gasteiger partial charge < -0.3 is 27.2 Å².